The maximum absolute atomic E-state index is 13.3. The number of nitrogens with two attached hydrogens (primary N) is 1. The van der Waals surface area contributed by atoms with E-state index in [0.717, 1.165) is 51.6 Å². The zero-order valence-corrected chi connectivity index (χ0v) is 23.3. The van der Waals surface area contributed by atoms with Gasteiger partial charge in [0.25, 0.3) is 0 Å². The third-order valence-electron chi connectivity index (χ3n) is 9.49. The molecule has 1 aromatic carbocycles. The van der Waals surface area contributed by atoms with Crippen LogP contribution in [0.25, 0.3) is 0 Å². The average Bonchev–Trinajstić information content (AvgIpc) is 2.91. The minimum atomic E-state index is -0.781. The SMILES string of the molecule is CCOC1(C2(c3ccccc3)CCCC(C)C2)CC(OCCCOC2CCCCO2)CCC1(C)C(N)=O. The molecule has 1 amide bonds. The van der Waals surface area contributed by atoms with Crippen molar-refractivity contribution in [1.29, 1.82) is 0 Å². The maximum Gasteiger partial charge on any atom is 0.226 e. The lowest BCUT2D eigenvalue weighted by molar-refractivity contribution is -0.225. The number of carbonyl (C=O) groups excluding carboxylic acids is 1. The summed E-state index contributed by atoms with van der Waals surface area (Å²) in [6.07, 6.45) is 10.5. The zero-order chi connectivity index (χ0) is 26.4. The Hall–Kier alpha value is -1.47. The second-order valence-corrected chi connectivity index (χ2v) is 11.9. The first-order chi connectivity index (χ1) is 17.9. The molecule has 1 aliphatic heterocycles. The lowest BCUT2D eigenvalue weighted by atomic mass is 9.46. The highest BCUT2D eigenvalue weighted by Gasteiger charge is 2.67. The van der Waals surface area contributed by atoms with Crippen LogP contribution in [0.2, 0.25) is 0 Å². The van der Waals surface area contributed by atoms with E-state index in [2.05, 4.69) is 44.2 Å². The predicted molar refractivity (Wildman–Crippen MR) is 145 cm³/mol. The Morgan fingerprint density at radius 2 is 1.81 bits per heavy atom. The van der Waals surface area contributed by atoms with Gasteiger partial charge in [-0.25, -0.2) is 0 Å². The predicted octanol–water partition coefficient (Wildman–Crippen LogP) is 5.90. The largest absolute Gasteiger partial charge is 0.378 e. The molecule has 3 aliphatic rings. The highest BCUT2D eigenvalue weighted by Crippen LogP contribution is 2.62. The van der Waals surface area contributed by atoms with E-state index in [-0.39, 0.29) is 23.7 Å². The molecule has 6 unspecified atom stereocenters. The Morgan fingerprint density at radius 3 is 2.49 bits per heavy atom. The van der Waals surface area contributed by atoms with E-state index in [4.69, 9.17) is 24.7 Å². The first-order valence-electron chi connectivity index (χ1n) is 14.7. The first kappa shape index (κ1) is 28.5. The molecule has 6 heteroatoms. The van der Waals surface area contributed by atoms with Crippen molar-refractivity contribution in [2.45, 2.75) is 115 Å². The van der Waals surface area contributed by atoms with Gasteiger partial charge < -0.3 is 24.7 Å². The molecule has 37 heavy (non-hydrogen) atoms. The van der Waals surface area contributed by atoms with E-state index < -0.39 is 11.0 Å². The molecule has 1 heterocycles. The molecule has 208 valence electrons. The molecule has 0 spiro atoms. The second-order valence-electron chi connectivity index (χ2n) is 11.9. The number of primary amides is 1. The monoisotopic (exact) mass is 515 g/mol. The Balaban J connectivity index is 1.57. The van der Waals surface area contributed by atoms with Crippen LogP contribution in [0, 0.1) is 11.3 Å². The summed E-state index contributed by atoms with van der Waals surface area (Å²) in [4.78, 5) is 13.3. The topological polar surface area (TPSA) is 80.0 Å². The number of rotatable bonds is 11. The van der Waals surface area contributed by atoms with Crippen molar-refractivity contribution in [3.05, 3.63) is 35.9 Å². The summed E-state index contributed by atoms with van der Waals surface area (Å²) in [6, 6.07) is 10.8. The van der Waals surface area contributed by atoms with Crippen molar-refractivity contribution in [1.82, 2.24) is 0 Å². The van der Waals surface area contributed by atoms with Crippen LogP contribution in [0.5, 0.6) is 0 Å². The fourth-order valence-corrected chi connectivity index (χ4v) is 7.63. The zero-order valence-electron chi connectivity index (χ0n) is 23.3. The van der Waals surface area contributed by atoms with Gasteiger partial charge in [0.15, 0.2) is 6.29 Å². The molecule has 2 aliphatic carbocycles. The van der Waals surface area contributed by atoms with E-state index in [1.807, 2.05) is 6.92 Å². The van der Waals surface area contributed by atoms with Crippen LogP contribution in [-0.4, -0.2) is 50.3 Å². The number of hydrogen-bond donors (Lipinski definition) is 1. The average molecular weight is 516 g/mol. The molecule has 0 bridgehead atoms. The summed E-state index contributed by atoms with van der Waals surface area (Å²) < 4.78 is 25.0. The van der Waals surface area contributed by atoms with Gasteiger partial charge in [0.05, 0.1) is 23.7 Å². The molecule has 0 radical (unpaired) electrons. The normalized spacial score (nSPS) is 36.8. The molecular weight excluding hydrogens is 466 g/mol. The van der Waals surface area contributed by atoms with Gasteiger partial charge in [0, 0.05) is 31.7 Å². The molecule has 2 N–H and O–H groups in total. The van der Waals surface area contributed by atoms with Crippen LogP contribution in [0.15, 0.2) is 30.3 Å². The van der Waals surface area contributed by atoms with Gasteiger partial charge in [-0.3, -0.25) is 4.79 Å². The molecule has 1 aromatic rings. The molecule has 1 saturated heterocycles. The summed E-state index contributed by atoms with van der Waals surface area (Å²) >= 11 is 0. The van der Waals surface area contributed by atoms with Crippen LogP contribution < -0.4 is 5.73 Å². The number of hydrogen-bond acceptors (Lipinski definition) is 5. The van der Waals surface area contributed by atoms with E-state index >= 15 is 0 Å². The van der Waals surface area contributed by atoms with E-state index in [9.17, 15) is 4.79 Å². The first-order valence-corrected chi connectivity index (χ1v) is 14.7. The highest BCUT2D eigenvalue weighted by atomic mass is 16.7. The standard InChI is InChI=1S/C31H49NO5/c1-4-37-31(30(17-10-12-24(2)22-30)25-13-6-5-7-14-25)23-26(16-18-29(31,3)28(32)33)34-20-11-21-36-27-15-8-9-19-35-27/h5-7,13-14,24,26-27H,4,8-12,15-23H2,1-3H3,(H2,32,33). The van der Waals surface area contributed by atoms with E-state index in [1.165, 1.54) is 18.4 Å². The molecule has 3 fully saturated rings. The summed E-state index contributed by atoms with van der Waals surface area (Å²) in [5.74, 6) is 0.290. The Labute approximate surface area is 223 Å². The van der Waals surface area contributed by atoms with Gasteiger partial charge in [-0.05, 0) is 76.7 Å². The van der Waals surface area contributed by atoms with Crippen LogP contribution in [0.4, 0.5) is 0 Å². The summed E-state index contributed by atoms with van der Waals surface area (Å²) in [5.41, 5.74) is 5.71. The van der Waals surface area contributed by atoms with Crippen LogP contribution in [0.3, 0.4) is 0 Å². The van der Waals surface area contributed by atoms with Crippen LogP contribution >= 0.6 is 0 Å². The van der Waals surface area contributed by atoms with E-state index in [1.54, 1.807) is 0 Å². The lowest BCUT2D eigenvalue weighted by Crippen LogP contribution is -2.70. The molecule has 4 rings (SSSR count). The van der Waals surface area contributed by atoms with Gasteiger partial charge in [-0.15, -0.1) is 0 Å². The van der Waals surface area contributed by atoms with Crippen molar-refractivity contribution < 1.29 is 23.7 Å². The minimum absolute atomic E-state index is 0.0164. The molecule has 2 saturated carbocycles. The molecular formula is C31H49NO5. The second kappa shape index (κ2) is 12.6. The van der Waals surface area contributed by atoms with Gasteiger partial charge in [0.1, 0.15) is 0 Å². The minimum Gasteiger partial charge on any atom is -0.378 e. The number of ether oxygens (including phenoxy) is 4. The highest BCUT2D eigenvalue weighted by molar-refractivity contribution is 5.82. The maximum atomic E-state index is 13.3. The van der Waals surface area contributed by atoms with Crippen molar-refractivity contribution in [3.8, 4) is 0 Å². The van der Waals surface area contributed by atoms with Gasteiger partial charge >= 0.3 is 0 Å². The molecule has 6 atom stereocenters. The van der Waals surface area contributed by atoms with Gasteiger partial charge in [-0.1, -0.05) is 50.1 Å². The summed E-state index contributed by atoms with van der Waals surface area (Å²) in [6.45, 7) is 9.04. The van der Waals surface area contributed by atoms with Crippen LogP contribution in [0.1, 0.15) is 97.0 Å². The Morgan fingerprint density at radius 1 is 1.03 bits per heavy atom. The molecule has 0 aromatic heterocycles. The van der Waals surface area contributed by atoms with Crippen LogP contribution in [-0.2, 0) is 29.2 Å². The lowest BCUT2D eigenvalue weighted by Gasteiger charge is -2.63. The Kier molecular flexibility index (Phi) is 9.71. The van der Waals surface area contributed by atoms with E-state index in [0.29, 0.717) is 38.6 Å². The Bertz CT molecular complexity index is 858. The van der Waals surface area contributed by atoms with Gasteiger partial charge in [-0.2, -0.15) is 0 Å². The van der Waals surface area contributed by atoms with Crippen molar-refractivity contribution in [2.75, 3.05) is 26.4 Å². The summed E-state index contributed by atoms with van der Waals surface area (Å²) in [7, 11) is 0. The fourth-order valence-electron chi connectivity index (χ4n) is 7.63. The van der Waals surface area contributed by atoms with Crippen molar-refractivity contribution in [2.24, 2.45) is 17.1 Å². The van der Waals surface area contributed by atoms with Crippen molar-refractivity contribution >= 4 is 5.91 Å². The number of carbonyl (C=O) groups is 1. The quantitative estimate of drug-likeness (QED) is 0.371. The third kappa shape index (κ3) is 5.78. The summed E-state index contributed by atoms with van der Waals surface area (Å²) in [5, 5.41) is 0. The molecule has 6 nitrogen and oxygen atoms in total. The smallest absolute Gasteiger partial charge is 0.226 e. The van der Waals surface area contributed by atoms with Gasteiger partial charge in [0.2, 0.25) is 5.91 Å². The number of benzene rings is 1. The van der Waals surface area contributed by atoms with Crippen molar-refractivity contribution in [3.63, 3.8) is 0 Å². The third-order valence-corrected chi connectivity index (χ3v) is 9.49. The fraction of sp³-hybridized carbons (Fsp3) is 0.774. The number of amides is 1.